The first kappa shape index (κ1) is 24.0. The highest BCUT2D eigenvalue weighted by atomic mass is 19.4. The van der Waals surface area contributed by atoms with Crippen LogP contribution < -0.4 is 0 Å². The van der Waals surface area contributed by atoms with Crippen molar-refractivity contribution < 1.29 is 22.3 Å². The van der Waals surface area contributed by atoms with Gasteiger partial charge in [0.15, 0.2) is 0 Å². The molecular formula is C27H25F4N5O. The highest BCUT2D eigenvalue weighted by molar-refractivity contribution is 5.90. The van der Waals surface area contributed by atoms with Gasteiger partial charge in [0, 0.05) is 35.5 Å². The van der Waals surface area contributed by atoms with E-state index >= 15 is 4.39 Å². The third-order valence-electron chi connectivity index (χ3n) is 7.25. The number of fused-ring (bicyclic) bond motifs is 1. The summed E-state index contributed by atoms with van der Waals surface area (Å²) in [6.07, 6.45) is 2.73. The van der Waals surface area contributed by atoms with Crippen LogP contribution in [0.2, 0.25) is 0 Å². The maximum Gasteiger partial charge on any atom is 0.416 e. The Bertz CT molecular complexity index is 1490. The van der Waals surface area contributed by atoms with E-state index < -0.39 is 17.6 Å². The van der Waals surface area contributed by atoms with E-state index in [0.717, 1.165) is 36.2 Å². The molecular weight excluding hydrogens is 486 g/mol. The van der Waals surface area contributed by atoms with Gasteiger partial charge >= 0.3 is 6.18 Å². The Kier molecular flexibility index (Phi) is 5.74. The first-order valence-electron chi connectivity index (χ1n) is 12.4. The van der Waals surface area contributed by atoms with Gasteiger partial charge in [-0.25, -0.2) is 19.3 Å². The van der Waals surface area contributed by atoms with E-state index in [4.69, 9.17) is 9.72 Å². The van der Waals surface area contributed by atoms with Crippen molar-refractivity contribution in [3.63, 3.8) is 0 Å². The van der Waals surface area contributed by atoms with E-state index in [2.05, 4.69) is 15.1 Å². The first-order chi connectivity index (χ1) is 17.7. The molecule has 1 aliphatic carbocycles. The largest absolute Gasteiger partial charge is 0.416 e. The lowest BCUT2D eigenvalue weighted by Crippen LogP contribution is -2.19. The van der Waals surface area contributed by atoms with Crippen LogP contribution in [0.1, 0.15) is 72.0 Å². The summed E-state index contributed by atoms with van der Waals surface area (Å²) in [7, 11) is 0. The molecule has 0 bridgehead atoms. The number of hydrogen-bond donors (Lipinski definition) is 0. The number of rotatable bonds is 4. The standard InChI is InChI=1S/C27H25F4N5O/c1-14-15(2)34-26-23(33-14)11-22(35-25(26)20-6-3-18(10-21(20)28)27(29,30)31)16-7-8-37-24(9-16)17-12-32-36(13-17)19-4-5-19/h3,6,10-13,16,19,24H,4-5,7-9H2,1-2H3/t16-,24+/m1/s1. The maximum absolute atomic E-state index is 15.1. The number of aryl methyl sites for hydroxylation is 2. The smallest absolute Gasteiger partial charge is 0.373 e. The van der Waals surface area contributed by atoms with Crippen molar-refractivity contribution in [3.05, 3.63) is 70.7 Å². The quantitative estimate of drug-likeness (QED) is 0.288. The van der Waals surface area contributed by atoms with Crippen LogP contribution in [-0.2, 0) is 10.9 Å². The fraction of sp³-hybridized carbons (Fsp3) is 0.407. The molecule has 1 saturated heterocycles. The van der Waals surface area contributed by atoms with Crippen molar-refractivity contribution >= 4 is 11.0 Å². The highest BCUT2D eigenvalue weighted by Gasteiger charge is 2.33. The van der Waals surface area contributed by atoms with Crippen LogP contribution in [0.25, 0.3) is 22.3 Å². The molecule has 2 fully saturated rings. The minimum Gasteiger partial charge on any atom is -0.373 e. The number of pyridine rings is 1. The molecule has 0 N–H and O–H groups in total. The third-order valence-corrected chi connectivity index (χ3v) is 7.25. The third kappa shape index (κ3) is 4.58. The monoisotopic (exact) mass is 511 g/mol. The van der Waals surface area contributed by atoms with Crippen molar-refractivity contribution in [2.45, 2.75) is 63.8 Å². The van der Waals surface area contributed by atoms with Crippen molar-refractivity contribution in [3.8, 4) is 11.3 Å². The predicted octanol–water partition coefficient (Wildman–Crippen LogP) is 6.63. The van der Waals surface area contributed by atoms with Crippen LogP contribution in [0.5, 0.6) is 0 Å². The Morgan fingerprint density at radius 2 is 1.78 bits per heavy atom. The Morgan fingerprint density at radius 3 is 2.51 bits per heavy atom. The van der Waals surface area contributed by atoms with Crippen molar-refractivity contribution in [2.24, 2.45) is 0 Å². The van der Waals surface area contributed by atoms with Gasteiger partial charge in [0.1, 0.15) is 17.0 Å². The fourth-order valence-corrected chi connectivity index (χ4v) is 4.89. The average Bonchev–Trinajstić information content (AvgIpc) is 3.60. The van der Waals surface area contributed by atoms with Crippen LogP contribution in [0.4, 0.5) is 17.6 Å². The van der Waals surface area contributed by atoms with Crippen molar-refractivity contribution in [1.82, 2.24) is 24.7 Å². The molecule has 4 aromatic rings. The Balaban J connectivity index is 1.41. The molecule has 1 aromatic carbocycles. The molecule has 4 heterocycles. The van der Waals surface area contributed by atoms with Crippen molar-refractivity contribution in [2.75, 3.05) is 6.61 Å². The molecule has 6 nitrogen and oxygen atoms in total. The molecule has 3 aromatic heterocycles. The molecule has 1 aliphatic heterocycles. The summed E-state index contributed by atoms with van der Waals surface area (Å²) >= 11 is 0. The second-order valence-corrected chi connectivity index (χ2v) is 9.92. The number of hydrogen-bond acceptors (Lipinski definition) is 5. The molecule has 1 saturated carbocycles. The van der Waals surface area contributed by atoms with Gasteiger partial charge in [-0.3, -0.25) is 4.68 Å². The molecule has 0 unspecified atom stereocenters. The van der Waals surface area contributed by atoms with Crippen LogP contribution in [0, 0.1) is 19.7 Å². The second kappa shape index (κ2) is 8.86. The number of aromatic nitrogens is 5. The molecule has 37 heavy (non-hydrogen) atoms. The number of nitrogens with zero attached hydrogens (tertiary/aromatic N) is 5. The molecule has 192 valence electrons. The van der Waals surface area contributed by atoms with Gasteiger partial charge in [-0.05, 0) is 63.8 Å². The minimum absolute atomic E-state index is 0.00732. The topological polar surface area (TPSA) is 65.7 Å². The normalized spacial score (nSPS) is 20.5. The Hall–Kier alpha value is -3.40. The van der Waals surface area contributed by atoms with E-state index in [9.17, 15) is 13.2 Å². The summed E-state index contributed by atoms with van der Waals surface area (Å²) in [6.45, 7) is 4.14. The first-order valence-corrected chi connectivity index (χ1v) is 12.4. The number of alkyl halides is 3. The summed E-state index contributed by atoms with van der Waals surface area (Å²) in [4.78, 5) is 14.0. The molecule has 0 spiro atoms. The van der Waals surface area contributed by atoms with E-state index in [0.29, 0.717) is 54.0 Å². The van der Waals surface area contributed by atoms with Gasteiger partial charge in [0.2, 0.25) is 0 Å². The number of benzene rings is 1. The second-order valence-electron chi connectivity index (χ2n) is 9.92. The molecule has 2 atom stereocenters. The van der Waals surface area contributed by atoms with Crippen LogP contribution in [0.15, 0.2) is 36.7 Å². The van der Waals surface area contributed by atoms with E-state index in [1.54, 1.807) is 6.92 Å². The summed E-state index contributed by atoms with van der Waals surface area (Å²) in [5, 5.41) is 4.48. The van der Waals surface area contributed by atoms with Gasteiger partial charge in [-0.15, -0.1) is 0 Å². The molecule has 0 radical (unpaired) electrons. The zero-order valence-electron chi connectivity index (χ0n) is 20.4. The van der Waals surface area contributed by atoms with Crippen LogP contribution >= 0.6 is 0 Å². The molecule has 2 aliphatic rings. The zero-order chi connectivity index (χ0) is 25.9. The Morgan fingerprint density at radius 1 is 1.00 bits per heavy atom. The van der Waals surface area contributed by atoms with Gasteiger partial charge < -0.3 is 4.74 Å². The maximum atomic E-state index is 15.1. The highest BCUT2D eigenvalue weighted by Crippen LogP contribution is 2.41. The number of halogens is 4. The molecule has 6 rings (SSSR count). The fourth-order valence-electron chi connectivity index (χ4n) is 4.89. The summed E-state index contributed by atoms with van der Waals surface area (Å²) < 4.78 is 62.6. The molecule has 10 heteroatoms. The predicted molar refractivity (Wildman–Crippen MR) is 128 cm³/mol. The van der Waals surface area contributed by atoms with E-state index in [1.165, 1.54) is 0 Å². The lowest BCUT2D eigenvalue weighted by atomic mass is 9.89. The minimum atomic E-state index is -4.64. The number of ether oxygens (including phenoxy) is 1. The van der Waals surface area contributed by atoms with Crippen LogP contribution in [-0.4, -0.2) is 31.3 Å². The SMILES string of the molecule is Cc1nc2cc([C@@H]3CCO[C@H](c4cnn(C5CC5)c4)C3)nc(-c3ccc(C(F)(F)F)cc3F)c2nc1C. The van der Waals surface area contributed by atoms with E-state index in [1.807, 2.05) is 30.1 Å². The van der Waals surface area contributed by atoms with E-state index in [-0.39, 0.29) is 23.3 Å². The summed E-state index contributed by atoms with van der Waals surface area (Å²) in [5.41, 5.74) is 3.08. The van der Waals surface area contributed by atoms with Gasteiger partial charge in [0.25, 0.3) is 0 Å². The summed E-state index contributed by atoms with van der Waals surface area (Å²) in [6, 6.07) is 4.84. The lowest BCUT2D eigenvalue weighted by molar-refractivity contribution is -0.137. The average molecular weight is 512 g/mol. The van der Waals surface area contributed by atoms with Gasteiger partial charge in [-0.2, -0.15) is 18.3 Å². The summed E-state index contributed by atoms with van der Waals surface area (Å²) in [5.74, 6) is -1.01. The Labute approximate surface area is 210 Å². The van der Waals surface area contributed by atoms with Crippen LogP contribution in [0.3, 0.4) is 0 Å². The van der Waals surface area contributed by atoms with Gasteiger partial charge in [0.05, 0.1) is 40.8 Å². The van der Waals surface area contributed by atoms with Crippen molar-refractivity contribution in [1.29, 1.82) is 0 Å². The zero-order valence-corrected chi connectivity index (χ0v) is 20.4. The van der Waals surface area contributed by atoms with Gasteiger partial charge in [-0.1, -0.05) is 0 Å². The molecule has 0 amide bonds. The lowest BCUT2D eigenvalue weighted by Gasteiger charge is -2.29.